The standard InChI is InChI=1S/C13H10ClNO5S/c1-21(18,19)11-6-7-13(12(8-11)15(16)17)20-10-4-2-9(14)3-5-10/h2-8H,1H3. The van der Waals surface area contributed by atoms with Crippen LogP contribution in [0.15, 0.2) is 47.4 Å². The number of ether oxygens (including phenoxy) is 1. The number of halogens is 1. The second-order valence-corrected chi connectivity index (χ2v) is 6.67. The Labute approximate surface area is 126 Å². The van der Waals surface area contributed by atoms with Crippen molar-refractivity contribution in [2.45, 2.75) is 4.90 Å². The van der Waals surface area contributed by atoms with E-state index in [4.69, 9.17) is 16.3 Å². The highest BCUT2D eigenvalue weighted by Gasteiger charge is 2.20. The molecular formula is C13H10ClNO5S. The van der Waals surface area contributed by atoms with Crippen LogP contribution in [0.3, 0.4) is 0 Å². The summed E-state index contributed by atoms with van der Waals surface area (Å²) in [6.07, 6.45) is 0.978. The molecule has 0 aliphatic carbocycles. The predicted molar refractivity (Wildman–Crippen MR) is 77.7 cm³/mol. The van der Waals surface area contributed by atoms with Crippen LogP contribution in [0.1, 0.15) is 0 Å². The molecule has 6 nitrogen and oxygen atoms in total. The summed E-state index contributed by atoms with van der Waals surface area (Å²) in [4.78, 5) is 10.2. The maximum atomic E-state index is 11.4. The van der Waals surface area contributed by atoms with E-state index >= 15 is 0 Å². The van der Waals surface area contributed by atoms with Crippen molar-refractivity contribution in [3.8, 4) is 11.5 Å². The molecule has 0 fully saturated rings. The average Bonchev–Trinajstić information content (AvgIpc) is 2.40. The van der Waals surface area contributed by atoms with Gasteiger partial charge in [0.1, 0.15) is 5.75 Å². The maximum absolute atomic E-state index is 11.4. The van der Waals surface area contributed by atoms with E-state index < -0.39 is 20.4 Å². The van der Waals surface area contributed by atoms with Crippen molar-refractivity contribution >= 4 is 27.1 Å². The zero-order valence-electron chi connectivity index (χ0n) is 10.8. The summed E-state index contributed by atoms with van der Waals surface area (Å²) >= 11 is 5.74. The molecule has 0 spiro atoms. The fraction of sp³-hybridized carbons (Fsp3) is 0.0769. The first kappa shape index (κ1) is 15.3. The van der Waals surface area contributed by atoms with Crippen molar-refractivity contribution in [1.29, 1.82) is 0 Å². The minimum Gasteiger partial charge on any atom is -0.450 e. The molecule has 0 bridgehead atoms. The lowest BCUT2D eigenvalue weighted by molar-refractivity contribution is -0.385. The number of nitro benzene ring substituents is 1. The average molecular weight is 328 g/mol. The largest absolute Gasteiger partial charge is 0.450 e. The lowest BCUT2D eigenvalue weighted by atomic mass is 10.3. The van der Waals surface area contributed by atoms with Gasteiger partial charge in [-0.05, 0) is 36.4 Å². The van der Waals surface area contributed by atoms with Crippen LogP contribution >= 0.6 is 11.6 Å². The zero-order chi connectivity index (χ0) is 15.6. The molecule has 8 heteroatoms. The Kier molecular flexibility index (Phi) is 4.15. The normalized spacial score (nSPS) is 11.1. The highest BCUT2D eigenvalue weighted by molar-refractivity contribution is 7.90. The summed E-state index contributed by atoms with van der Waals surface area (Å²) in [5.41, 5.74) is -0.423. The van der Waals surface area contributed by atoms with Crippen LogP contribution < -0.4 is 4.74 Å². The highest BCUT2D eigenvalue weighted by Crippen LogP contribution is 2.33. The predicted octanol–water partition coefficient (Wildman–Crippen LogP) is 3.44. The zero-order valence-corrected chi connectivity index (χ0v) is 12.4. The molecule has 0 N–H and O–H groups in total. The molecule has 2 aromatic rings. The number of rotatable bonds is 4. The molecule has 0 aromatic heterocycles. The van der Waals surface area contributed by atoms with E-state index in [-0.39, 0.29) is 10.6 Å². The molecule has 2 aromatic carbocycles. The Morgan fingerprint density at radius 3 is 2.29 bits per heavy atom. The van der Waals surface area contributed by atoms with Gasteiger partial charge in [-0.2, -0.15) is 0 Å². The van der Waals surface area contributed by atoms with Crippen LogP contribution in [0.2, 0.25) is 5.02 Å². The van der Waals surface area contributed by atoms with E-state index in [0.717, 1.165) is 12.3 Å². The molecule has 0 aliphatic rings. The Morgan fingerprint density at radius 1 is 1.14 bits per heavy atom. The topological polar surface area (TPSA) is 86.5 Å². The molecule has 0 amide bonds. The Balaban J connectivity index is 2.44. The van der Waals surface area contributed by atoms with Crippen molar-refractivity contribution in [3.63, 3.8) is 0 Å². The van der Waals surface area contributed by atoms with Crippen molar-refractivity contribution in [2.75, 3.05) is 6.26 Å². The molecule has 0 aliphatic heterocycles. The Morgan fingerprint density at radius 2 is 1.76 bits per heavy atom. The molecule has 0 heterocycles. The molecule has 0 saturated carbocycles. The SMILES string of the molecule is CS(=O)(=O)c1ccc(Oc2ccc(Cl)cc2)c([N+](=O)[O-])c1. The van der Waals surface area contributed by atoms with Gasteiger partial charge in [-0.15, -0.1) is 0 Å². The van der Waals surface area contributed by atoms with Crippen LogP contribution in [0.25, 0.3) is 0 Å². The summed E-state index contributed by atoms with van der Waals surface area (Å²) in [7, 11) is -3.53. The van der Waals surface area contributed by atoms with Gasteiger partial charge in [0, 0.05) is 17.3 Å². The second-order valence-electron chi connectivity index (χ2n) is 4.21. The summed E-state index contributed by atoms with van der Waals surface area (Å²) in [6, 6.07) is 9.74. The van der Waals surface area contributed by atoms with Gasteiger partial charge >= 0.3 is 5.69 Å². The molecule has 0 atom stereocenters. The van der Waals surface area contributed by atoms with E-state index in [2.05, 4.69) is 0 Å². The first-order valence-corrected chi connectivity index (χ1v) is 7.96. The van der Waals surface area contributed by atoms with Gasteiger partial charge < -0.3 is 4.74 Å². The maximum Gasteiger partial charge on any atom is 0.312 e. The van der Waals surface area contributed by atoms with Crippen LogP contribution in [0.4, 0.5) is 5.69 Å². The first-order chi connectivity index (χ1) is 9.77. The van der Waals surface area contributed by atoms with Gasteiger partial charge in [-0.1, -0.05) is 11.6 Å². The third-order valence-electron chi connectivity index (χ3n) is 2.60. The lowest BCUT2D eigenvalue weighted by Crippen LogP contribution is -2.00. The Bertz CT molecular complexity index is 787. The molecule has 110 valence electrons. The van der Waals surface area contributed by atoms with Gasteiger partial charge in [-0.25, -0.2) is 8.42 Å². The van der Waals surface area contributed by atoms with Crippen LogP contribution in [0, 0.1) is 10.1 Å². The summed E-state index contributed by atoms with van der Waals surface area (Å²) in [5, 5.41) is 11.6. The van der Waals surface area contributed by atoms with E-state index in [0.29, 0.717) is 10.8 Å². The molecular weight excluding hydrogens is 318 g/mol. The monoisotopic (exact) mass is 327 g/mol. The molecule has 21 heavy (non-hydrogen) atoms. The Hall–Kier alpha value is -2.12. The van der Waals surface area contributed by atoms with E-state index in [9.17, 15) is 18.5 Å². The van der Waals surface area contributed by atoms with Crippen molar-refractivity contribution in [1.82, 2.24) is 0 Å². The van der Waals surface area contributed by atoms with E-state index in [1.165, 1.54) is 12.1 Å². The second kappa shape index (κ2) is 5.71. The number of hydrogen-bond acceptors (Lipinski definition) is 5. The summed E-state index contributed by atoms with van der Waals surface area (Å²) < 4.78 is 28.3. The number of benzene rings is 2. The third-order valence-corrected chi connectivity index (χ3v) is 3.96. The summed E-state index contributed by atoms with van der Waals surface area (Å²) in [5.74, 6) is 0.310. The number of sulfone groups is 1. The summed E-state index contributed by atoms with van der Waals surface area (Å²) in [6.45, 7) is 0. The quantitative estimate of drug-likeness (QED) is 0.634. The lowest BCUT2D eigenvalue weighted by Gasteiger charge is -2.07. The van der Waals surface area contributed by atoms with Crippen LogP contribution in [-0.4, -0.2) is 19.6 Å². The third kappa shape index (κ3) is 3.71. The van der Waals surface area contributed by atoms with Gasteiger partial charge in [0.15, 0.2) is 9.84 Å². The van der Waals surface area contributed by atoms with Gasteiger partial charge in [0.05, 0.1) is 9.82 Å². The fourth-order valence-electron chi connectivity index (χ4n) is 1.59. The fourth-order valence-corrected chi connectivity index (χ4v) is 2.35. The van der Waals surface area contributed by atoms with Crippen molar-refractivity contribution in [2.24, 2.45) is 0 Å². The number of nitro groups is 1. The molecule has 0 saturated heterocycles. The van der Waals surface area contributed by atoms with Crippen LogP contribution in [-0.2, 0) is 9.84 Å². The van der Waals surface area contributed by atoms with Crippen molar-refractivity contribution in [3.05, 3.63) is 57.6 Å². The minimum atomic E-state index is -3.53. The van der Waals surface area contributed by atoms with E-state index in [1.54, 1.807) is 24.3 Å². The number of hydrogen-bond donors (Lipinski definition) is 0. The van der Waals surface area contributed by atoms with Gasteiger partial charge in [-0.3, -0.25) is 10.1 Å². The van der Waals surface area contributed by atoms with Gasteiger partial charge in [0.2, 0.25) is 5.75 Å². The molecule has 0 radical (unpaired) electrons. The number of nitrogens with zero attached hydrogens (tertiary/aromatic N) is 1. The molecule has 0 unspecified atom stereocenters. The first-order valence-electron chi connectivity index (χ1n) is 5.69. The van der Waals surface area contributed by atoms with Crippen LogP contribution in [0.5, 0.6) is 11.5 Å². The minimum absolute atomic E-state index is 0.0466. The van der Waals surface area contributed by atoms with Crippen molar-refractivity contribution < 1.29 is 18.1 Å². The molecule has 2 rings (SSSR count). The van der Waals surface area contributed by atoms with E-state index in [1.807, 2.05) is 0 Å². The smallest absolute Gasteiger partial charge is 0.312 e. The highest BCUT2D eigenvalue weighted by atomic mass is 35.5. The van der Waals surface area contributed by atoms with Gasteiger partial charge in [0.25, 0.3) is 0 Å².